The molecule has 0 saturated carbocycles. The van der Waals surface area contributed by atoms with Crippen LogP contribution in [-0.2, 0) is 20.9 Å². The molecule has 1 fully saturated rings. The summed E-state index contributed by atoms with van der Waals surface area (Å²) >= 11 is 2.36. The fourth-order valence-electron chi connectivity index (χ4n) is 3.30. The van der Waals surface area contributed by atoms with Crippen LogP contribution in [0.25, 0.3) is 0 Å². The number of nitrogens with two attached hydrogens (primary N) is 1. The average Bonchev–Trinajstić information content (AvgIpc) is 3.39. The Morgan fingerprint density at radius 2 is 2.24 bits per heavy atom. The SMILES string of the molecule is Cc1nnnn1C/C=C\C1=C(C(=O)O)N2C(=O)C(NC(=O)C(=NO)c3csc(N)n3)[C@H]2SC1. The quantitative estimate of drug-likeness (QED) is 0.163. The number of allylic oxidation sites excluding steroid dienone is 2. The second-order valence-corrected chi connectivity index (χ2v) is 8.86. The molecule has 2 aromatic rings. The summed E-state index contributed by atoms with van der Waals surface area (Å²) in [6, 6.07) is -0.987. The van der Waals surface area contributed by atoms with E-state index in [4.69, 9.17) is 5.73 Å². The predicted octanol–water partition coefficient (Wildman–Crippen LogP) is -0.806. The average molecular weight is 492 g/mol. The third-order valence-corrected chi connectivity index (χ3v) is 6.85. The van der Waals surface area contributed by atoms with E-state index in [0.717, 1.165) is 16.2 Å². The fourth-order valence-corrected chi connectivity index (χ4v) is 5.17. The number of hydrogen-bond donors (Lipinski definition) is 4. The maximum Gasteiger partial charge on any atom is 0.352 e. The largest absolute Gasteiger partial charge is 0.477 e. The molecule has 33 heavy (non-hydrogen) atoms. The van der Waals surface area contributed by atoms with Crippen LogP contribution < -0.4 is 11.1 Å². The Kier molecular flexibility index (Phi) is 6.10. The van der Waals surface area contributed by atoms with Crippen molar-refractivity contribution in [1.82, 2.24) is 35.4 Å². The number of oxime groups is 1. The number of aromatic nitrogens is 5. The highest BCUT2D eigenvalue weighted by atomic mass is 32.2. The van der Waals surface area contributed by atoms with Gasteiger partial charge in [0.1, 0.15) is 28.6 Å². The van der Waals surface area contributed by atoms with Gasteiger partial charge in [-0.25, -0.2) is 14.5 Å². The lowest BCUT2D eigenvalue weighted by atomic mass is 10.0. The van der Waals surface area contributed by atoms with Crippen molar-refractivity contribution in [3.05, 3.63) is 40.3 Å². The summed E-state index contributed by atoms with van der Waals surface area (Å²) in [5, 5.41) is 36.5. The number of fused-ring (bicyclic) bond motifs is 1. The Balaban J connectivity index is 1.49. The topological polar surface area (TPSA) is 202 Å². The van der Waals surface area contributed by atoms with Crippen molar-refractivity contribution in [2.45, 2.75) is 24.9 Å². The highest BCUT2D eigenvalue weighted by molar-refractivity contribution is 8.00. The Labute approximate surface area is 193 Å². The monoisotopic (exact) mass is 491 g/mol. The number of carbonyl (C=O) groups is 3. The first-order chi connectivity index (χ1) is 15.8. The number of hydrogen-bond acceptors (Lipinski definition) is 12. The number of carboxylic acids is 1. The molecule has 16 heteroatoms. The second kappa shape index (κ2) is 8.99. The Hall–Kier alpha value is -3.79. The summed E-state index contributed by atoms with van der Waals surface area (Å²) in [6.45, 7) is 2.07. The zero-order chi connectivity index (χ0) is 23.7. The molecule has 2 atom stereocenters. The lowest BCUT2D eigenvalue weighted by Gasteiger charge is -2.49. The van der Waals surface area contributed by atoms with E-state index in [0.29, 0.717) is 23.7 Å². The van der Waals surface area contributed by atoms with Crippen LogP contribution in [0.2, 0.25) is 0 Å². The van der Waals surface area contributed by atoms with Gasteiger partial charge in [0.15, 0.2) is 10.8 Å². The summed E-state index contributed by atoms with van der Waals surface area (Å²) in [4.78, 5) is 42.3. The van der Waals surface area contributed by atoms with E-state index >= 15 is 0 Å². The predicted molar refractivity (Wildman–Crippen MR) is 116 cm³/mol. The van der Waals surface area contributed by atoms with Gasteiger partial charge in [-0.2, -0.15) is 0 Å². The number of carboxylic acid groups (broad SMARTS) is 1. The maximum atomic E-state index is 12.8. The summed E-state index contributed by atoms with van der Waals surface area (Å²) in [5.74, 6) is -1.77. The van der Waals surface area contributed by atoms with Gasteiger partial charge in [-0.3, -0.25) is 14.5 Å². The van der Waals surface area contributed by atoms with Gasteiger partial charge in [-0.15, -0.1) is 28.2 Å². The van der Waals surface area contributed by atoms with E-state index in [1.165, 1.54) is 21.8 Å². The van der Waals surface area contributed by atoms with Crippen LogP contribution in [-0.4, -0.2) is 81.1 Å². The van der Waals surface area contributed by atoms with Crippen LogP contribution in [0.5, 0.6) is 0 Å². The number of thioether (sulfide) groups is 1. The number of carbonyl (C=O) groups excluding carboxylic acids is 2. The molecule has 0 bridgehead atoms. The highest BCUT2D eigenvalue weighted by Gasteiger charge is 2.54. The van der Waals surface area contributed by atoms with Gasteiger partial charge in [0, 0.05) is 11.1 Å². The highest BCUT2D eigenvalue weighted by Crippen LogP contribution is 2.40. The fraction of sp³-hybridized carbons (Fsp3) is 0.294. The van der Waals surface area contributed by atoms with Gasteiger partial charge >= 0.3 is 5.97 Å². The molecule has 2 aliphatic heterocycles. The number of nitrogens with zero attached hydrogens (tertiary/aromatic N) is 7. The molecule has 4 rings (SSSR count). The minimum atomic E-state index is -1.26. The van der Waals surface area contributed by atoms with E-state index in [9.17, 15) is 24.7 Å². The number of rotatable bonds is 7. The molecule has 1 saturated heterocycles. The van der Waals surface area contributed by atoms with Crippen molar-refractivity contribution in [3.63, 3.8) is 0 Å². The summed E-state index contributed by atoms with van der Waals surface area (Å²) < 4.78 is 1.53. The van der Waals surface area contributed by atoms with Crippen molar-refractivity contribution in [1.29, 1.82) is 0 Å². The van der Waals surface area contributed by atoms with Crippen molar-refractivity contribution in [2.24, 2.45) is 5.16 Å². The molecule has 1 unspecified atom stereocenters. The number of thiazole rings is 1. The van der Waals surface area contributed by atoms with Gasteiger partial charge in [0.05, 0.1) is 6.54 Å². The van der Waals surface area contributed by atoms with Crippen molar-refractivity contribution in [3.8, 4) is 0 Å². The number of β-lactam (4-membered cyclic amide) rings is 1. The van der Waals surface area contributed by atoms with Crippen LogP contribution in [0.3, 0.4) is 0 Å². The molecule has 0 spiro atoms. The first-order valence-electron chi connectivity index (χ1n) is 9.36. The number of amides is 2. The smallest absolute Gasteiger partial charge is 0.352 e. The normalized spacial score (nSPS) is 20.7. The lowest BCUT2D eigenvalue weighted by molar-refractivity contribution is -0.150. The zero-order valence-electron chi connectivity index (χ0n) is 16.9. The molecule has 0 aliphatic carbocycles. The molecule has 172 valence electrons. The number of nitrogens with one attached hydrogen (secondary N) is 1. The first-order valence-corrected chi connectivity index (χ1v) is 11.3. The van der Waals surface area contributed by atoms with E-state index in [1.807, 2.05) is 0 Å². The molecule has 0 radical (unpaired) electrons. The first kappa shape index (κ1) is 22.4. The number of anilines is 1. The molecule has 4 heterocycles. The van der Waals surface area contributed by atoms with E-state index in [2.05, 4.69) is 31.0 Å². The number of aliphatic carboxylic acids is 1. The van der Waals surface area contributed by atoms with Gasteiger partial charge in [0.25, 0.3) is 11.8 Å². The van der Waals surface area contributed by atoms with Gasteiger partial charge in [-0.1, -0.05) is 17.3 Å². The summed E-state index contributed by atoms with van der Waals surface area (Å²) in [7, 11) is 0. The summed E-state index contributed by atoms with van der Waals surface area (Å²) in [5.41, 5.74) is 5.51. The van der Waals surface area contributed by atoms with Gasteiger partial charge in [-0.05, 0) is 22.9 Å². The Morgan fingerprint density at radius 1 is 1.45 bits per heavy atom. The molecule has 0 aromatic carbocycles. The summed E-state index contributed by atoms with van der Waals surface area (Å²) in [6.07, 6.45) is 3.33. The van der Waals surface area contributed by atoms with Gasteiger partial charge in [0.2, 0.25) is 0 Å². The molecule has 2 aromatic heterocycles. The van der Waals surface area contributed by atoms with E-state index in [1.54, 1.807) is 19.1 Å². The van der Waals surface area contributed by atoms with Crippen LogP contribution in [0.15, 0.2) is 34.0 Å². The third kappa shape index (κ3) is 4.17. The Bertz CT molecular complexity index is 1220. The molecule has 2 aliphatic rings. The maximum absolute atomic E-state index is 12.8. The van der Waals surface area contributed by atoms with Crippen molar-refractivity contribution < 1.29 is 24.7 Å². The number of aryl methyl sites for hydroxylation is 1. The zero-order valence-corrected chi connectivity index (χ0v) is 18.6. The van der Waals surface area contributed by atoms with Crippen LogP contribution >= 0.6 is 23.1 Å². The minimum Gasteiger partial charge on any atom is -0.477 e. The van der Waals surface area contributed by atoms with Crippen molar-refractivity contribution >= 4 is 51.7 Å². The van der Waals surface area contributed by atoms with Crippen molar-refractivity contribution in [2.75, 3.05) is 11.5 Å². The van der Waals surface area contributed by atoms with Crippen LogP contribution in [0, 0.1) is 6.92 Å². The molecule has 2 amide bonds. The number of tetrazole rings is 1. The number of nitrogen functional groups attached to an aromatic ring is 1. The Morgan fingerprint density at radius 3 is 2.85 bits per heavy atom. The molecule has 14 nitrogen and oxygen atoms in total. The van der Waals surface area contributed by atoms with E-state index in [-0.39, 0.29) is 16.5 Å². The lowest BCUT2D eigenvalue weighted by Crippen LogP contribution is -2.71. The molecular weight excluding hydrogens is 474 g/mol. The standard InChI is InChI=1S/C17H17N9O5S2/c1-7-21-23-24-25(7)4-2-3-8-5-32-15-11(14(28)26(15)12(8)16(29)30)20-13(27)10(22-31)9-6-33-17(18)19-9/h2-3,6,11,15,31H,4-5H2,1H3,(H2,18,19)(H,20,27)(H,29,30)/b3-2-,22-10?/t11?,15-/m1/s1. The van der Waals surface area contributed by atoms with Gasteiger partial charge < -0.3 is 21.4 Å². The second-order valence-electron chi connectivity index (χ2n) is 6.87. The molecular formula is C17H17N9O5S2. The van der Waals surface area contributed by atoms with Crippen LogP contribution in [0.1, 0.15) is 11.5 Å². The molecule has 5 N–H and O–H groups in total. The minimum absolute atomic E-state index is 0.0637. The third-order valence-electron chi connectivity index (χ3n) is 4.87. The van der Waals surface area contributed by atoms with E-state index < -0.39 is 34.9 Å². The van der Waals surface area contributed by atoms with Crippen LogP contribution in [0.4, 0.5) is 5.13 Å².